The van der Waals surface area contributed by atoms with Crippen molar-refractivity contribution in [1.29, 1.82) is 0 Å². The normalized spacial score (nSPS) is 15.2. The quantitative estimate of drug-likeness (QED) is 0.175. The van der Waals surface area contributed by atoms with E-state index in [9.17, 15) is 9.90 Å². The van der Waals surface area contributed by atoms with Gasteiger partial charge in [-0.2, -0.15) is 0 Å². The largest absolute Gasteiger partial charge is 0.491 e. The molecule has 3 rings (SSSR count). The van der Waals surface area contributed by atoms with Crippen molar-refractivity contribution in [3.63, 3.8) is 0 Å². The molecule has 2 aromatic rings. The molecule has 2 atom stereocenters. The number of unbranched alkanes of at least 4 members (excludes halogenated alkanes) is 1. The number of benzene rings is 2. The molecule has 6 heteroatoms. The summed E-state index contributed by atoms with van der Waals surface area (Å²) >= 11 is 0. The van der Waals surface area contributed by atoms with Crippen LogP contribution in [0.1, 0.15) is 95.6 Å². The summed E-state index contributed by atoms with van der Waals surface area (Å²) in [7, 11) is 0. The van der Waals surface area contributed by atoms with Crippen LogP contribution in [0.5, 0.6) is 5.75 Å². The fourth-order valence-electron chi connectivity index (χ4n) is 5.79. The summed E-state index contributed by atoms with van der Waals surface area (Å²) in [5.41, 5.74) is 5.06. The summed E-state index contributed by atoms with van der Waals surface area (Å²) in [5, 5.41) is 14.3. The highest BCUT2D eigenvalue weighted by molar-refractivity contribution is 5.69. The SMILES string of the molecule is CCOC(=O)CCCCc1c(OC(C)C)cccc1C(C)OC[C@H](O)CNC(C)(C)CC1Cc2ccccc2C1. The minimum atomic E-state index is -0.606. The van der Waals surface area contributed by atoms with E-state index in [0.717, 1.165) is 55.4 Å². The number of aliphatic hydroxyl groups excluding tert-OH is 1. The molecule has 2 aromatic carbocycles. The van der Waals surface area contributed by atoms with Crippen molar-refractivity contribution >= 4 is 5.97 Å². The first-order valence-corrected chi connectivity index (χ1v) is 15.1. The summed E-state index contributed by atoms with van der Waals surface area (Å²) in [4.78, 5) is 11.7. The Morgan fingerprint density at radius 2 is 1.75 bits per heavy atom. The number of β-amino-alcohol motifs (C(OH)–C–C–N with tert-alkyl or cyclic N) is 1. The number of ether oxygens (including phenoxy) is 3. The van der Waals surface area contributed by atoms with Gasteiger partial charge in [-0.05, 0) is 114 Å². The second kappa shape index (κ2) is 15.6. The van der Waals surface area contributed by atoms with Gasteiger partial charge < -0.3 is 24.6 Å². The first-order chi connectivity index (χ1) is 19.1. The molecule has 1 aliphatic carbocycles. The lowest BCUT2D eigenvalue weighted by Crippen LogP contribution is -2.45. The third-order valence-electron chi connectivity index (χ3n) is 7.62. The Labute approximate surface area is 241 Å². The van der Waals surface area contributed by atoms with Gasteiger partial charge in [0.05, 0.1) is 31.5 Å². The molecule has 40 heavy (non-hydrogen) atoms. The van der Waals surface area contributed by atoms with Crippen molar-refractivity contribution in [3.8, 4) is 5.75 Å². The molecule has 2 N–H and O–H groups in total. The molecule has 0 saturated carbocycles. The predicted octanol–water partition coefficient (Wildman–Crippen LogP) is 6.36. The first kappa shape index (κ1) is 32.1. The third kappa shape index (κ3) is 10.2. The Morgan fingerprint density at radius 3 is 2.40 bits per heavy atom. The van der Waals surface area contributed by atoms with Gasteiger partial charge >= 0.3 is 5.97 Å². The zero-order valence-corrected chi connectivity index (χ0v) is 25.5. The van der Waals surface area contributed by atoms with Crippen LogP contribution >= 0.6 is 0 Å². The van der Waals surface area contributed by atoms with E-state index in [1.165, 1.54) is 11.1 Å². The average Bonchev–Trinajstić information content (AvgIpc) is 3.30. The second-order valence-corrected chi connectivity index (χ2v) is 12.1. The van der Waals surface area contributed by atoms with E-state index < -0.39 is 6.10 Å². The molecular weight excluding hydrogens is 502 g/mol. The predicted molar refractivity (Wildman–Crippen MR) is 161 cm³/mol. The van der Waals surface area contributed by atoms with E-state index in [1.54, 1.807) is 0 Å². The summed E-state index contributed by atoms with van der Waals surface area (Å²) in [6.07, 6.45) is 5.40. The van der Waals surface area contributed by atoms with Crippen LogP contribution in [0, 0.1) is 5.92 Å². The van der Waals surface area contributed by atoms with Gasteiger partial charge in [-0.3, -0.25) is 4.79 Å². The molecule has 1 aliphatic rings. The third-order valence-corrected chi connectivity index (χ3v) is 7.62. The zero-order chi connectivity index (χ0) is 29.1. The van der Waals surface area contributed by atoms with Crippen molar-refractivity contribution in [1.82, 2.24) is 5.32 Å². The lowest BCUT2D eigenvalue weighted by molar-refractivity contribution is -0.143. The maximum absolute atomic E-state index is 11.7. The van der Waals surface area contributed by atoms with Gasteiger partial charge in [0.25, 0.3) is 0 Å². The van der Waals surface area contributed by atoms with E-state index in [4.69, 9.17) is 14.2 Å². The zero-order valence-electron chi connectivity index (χ0n) is 25.5. The van der Waals surface area contributed by atoms with Crippen molar-refractivity contribution in [2.75, 3.05) is 19.8 Å². The van der Waals surface area contributed by atoms with Gasteiger partial charge in [-0.25, -0.2) is 0 Å². The molecule has 222 valence electrons. The molecule has 0 heterocycles. The van der Waals surface area contributed by atoms with Gasteiger partial charge in [-0.15, -0.1) is 0 Å². The van der Waals surface area contributed by atoms with Gasteiger partial charge in [0, 0.05) is 18.5 Å². The first-order valence-electron chi connectivity index (χ1n) is 15.1. The summed E-state index contributed by atoms with van der Waals surface area (Å²) in [6.45, 7) is 13.5. The maximum Gasteiger partial charge on any atom is 0.305 e. The summed E-state index contributed by atoms with van der Waals surface area (Å²) in [6, 6.07) is 14.8. The van der Waals surface area contributed by atoms with Crippen molar-refractivity contribution in [3.05, 3.63) is 64.7 Å². The van der Waals surface area contributed by atoms with E-state index >= 15 is 0 Å². The molecule has 0 amide bonds. The fraction of sp³-hybridized carbons (Fsp3) is 0.618. The average molecular weight is 554 g/mol. The minimum Gasteiger partial charge on any atom is -0.491 e. The van der Waals surface area contributed by atoms with E-state index in [0.29, 0.717) is 25.5 Å². The Balaban J connectivity index is 1.50. The molecule has 0 radical (unpaired) electrons. The minimum absolute atomic E-state index is 0.0550. The standard InChI is InChI=1S/C34H51NO5/c1-7-38-33(37)18-11-10-15-31-30(16-12-17-32(31)40-24(2)3)25(4)39-23-29(36)22-35-34(5,6)21-26-19-27-13-8-9-14-28(27)20-26/h8-9,12-14,16-17,24-26,29,35-36H,7,10-11,15,18-23H2,1-6H3/t25?,29-/m1/s1. The fourth-order valence-corrected chi connectivity index (χ4v) is 5.79. The molecule has 0 spiro atoms. The lowest BCUT2D eigenvalue weighted by Gasteiger charge is -2.31. The molecule has 6 nitrogen and oxygen atoms in total. The number of aliphatic hydroxyl groups is 1. The van der Waals surface area contributed by atoms with Crippen LogP contribution in [0.2, 0.25) is 0 Å². The number of nitrogens with one attached hydrogen (secondary N) is 1. The highest BCUT2D eigenvalue weighted by Gasteiger charge is 2.28. The van der Waals surface area contributed by atoms with Crippen molar-refractivity contribution in [2.24, 2.45) is 5.92 Å². The van der Waals surface area contributed by atoms with E-state index in [2.05, 4.69) is 49.5 Å². The summed E-state index contributed by atoms with van der Waals surface area (Å²) < 4.78 is 17.4. The second-order valence-electron chi connectivity index (χ2n) is 12.1. The molecule has 0 fully saturated rings. The highest BCUT2D eigenvalue weighted by Crippen LogP contribution is 2.33. The van der Waals surface area contributed by atoms with Gasteiger partial charge in [0.2, 0.25) is 0 Å². The molecule has 0 aliphatic heterocycles. The lowest BCUT2D eigenvalue weighted by atomic mass is 9.88. The Kier molecular flexibility index (Phi) is 12.5. The molecule has 0 saturated heterocycles. The number of fused-ring (bicyclic) bond motifs is 1. The van der Waals surface area contributed by atoms with Crippen LogP contribution in [-0.2, 0) is 33.5 Å². The van der Waals surface area contributed by atoms with Crippen LogP contribution in [-0.4, -0.2) is 48.6 Å². The number of carbonyl (C=O) groups is 1. The van der Waals surface area contributed by atoms with Crippen molar-refractivity contribution < 1.29 is 24.1 Å². The van der Waals surface area contributed by atoms with Crippen LogP contribution in [0.15, 0.2) is 42.5 Å². The van der Waals surface area contributed by atoms with Gasteiger partial charge in [-0.1, -0.05) is 36.4 Å². The molecular formula is C34H51NO5. The molecule has 0 bridgehead atoms. The van der Waals surface area contributed by atoms with Gasteiger partial charge in [0.15, 0.2) is 0 Å². The van der Waals surface area contributed by atoms with Crippen molar-refractivity contribution in [2.45, 2.75) is 110 Å². The monoisotopic (exact) mass is 553 g/mol. The Hall–Kier alpha value is -2.41. The number of hydrogen-bond acceptors (Lipinski definition) is 6. The smallest absolute Gasteiger partial charge is 0.305 e. The number of carbonyl (C=O) groups excluding carboxylic acids is 1. The Morgan fingerprint density at radius 1 is 1.05 bits per heavy atom. The number of esters is 1. The number of rotatable bonds is 17. The van der Waals surface area contributed by atoms with Crippen LogP contribution in [0.4, 0.5) is 0 Å². The van der Waals surface area contributed by atoms with Crippen LogP contribution in [0.3, 0.4) is 0 Å². The molecule has 0 aromatic heterocycles. The summed E-state index contributed by atoms with van der Waals surface area (Å²) in [5.74, 6) is 1.34. The van der Waals surface area contributed by atoms with Crippen LogP contribution < -0.4 is 10.1 Å². The molecule has 1 unspecified atom stereocenters. The Bertz CT molecular complexity index is 1040. The maximum atomic E-state index is 11.7. The number of hydrogen-bond donors (Lipinski definition) is 2. The highest BCUT2D eigenvalue weighted by atomic mass is 16.5. The topological polar surface area (TPSA) is 77.0 Å². The van der Waals surface area contributed by atoms with Crippen LogP contribution in [0.25, 0.3) is 0 Å². The van der Waals surface area contributed by atoms with E-state index in [-0.39, 0.29) is 30.3 Å². The van der Waals surface area contributed by atoms with E-state index in [1.807, 2.05) is 39.8 Å². The van der Waals surface area contributed by atoms with Gasteiger partial charge in [0.1, 0.15) is 5.75 Å².